The molecule has 0 fully saturated rings. The molecule has 2 rings (SSSR count). The first-order valence-corrected chi connectivity index (χ1v) is 10.9. The average Bonchev–Trinajstić information content (AvgIpc) is 2.65. The molecule has 0 atom stereocenters. The minimum atomic E-state index is -3.88. The minimum Gasteiger partial charge on any atom is -0.265 e. The number of nitrogens with zero attached hydrogens (tertiary/aromatic N) is 3. The van der Waals surface area contributed by atoms with Crippen LogP contribution in [0.3, 0.4) is 0 Å². The van der Waals surface area contributed by atoms with Gasteiger partial charge in [-0.25, -0.2) is 0 Å². The standard InChI is InChI=1S/C17H22N4O4S2/c1-3-7-19-27(24,25)20(13-14-5-8-18-9-6-14)15-10-16(21(22)23)12-17(11-15)26-4-2/h5-6,8-12,19H,3-4,7,13H2,1-2H3. The van der Waals surface area contributed by atoms with E-state index < -0.39 is 15.1 Å². The summed E-state index contributed by atoms with van der Waals surface area (Å²) in [5.74, 6) is 0.714. The first-order chi connectivity index (χ1) is 12.9. The molecule has 0 bridgehead atoms. The molecule has 0 unspecified atom stereocenters. The van der Waals surface area contributed by atoms with Gasteiger partial charge in [0.25, 0.3) is 5.69 Å². The Morgan fingerprint density at radius 2 is 1.93 bits per heavy atom. The molecule has 146 valence electrons. The lowest BCUT2D eigenvalue weighted by Gasteiger charge is -2.25. The van der Waals surface area contributed by atoms with Crippen molar-refractivity contribution in [2.24, 2.45) is 0 Å². The third-order valence-corrected chi connectivity index (χ3v) is 5.93. The van der Waals surface area contributed by atoms with Crippen molar-refractivity contribution in [1.29, 1.82) is 0 Å². The molecule has 0 saturated carbocycles. The number of nitro benzene ring substituents is 1. The number of anilines is 1. The zero-order valence-electron chi connectivity index (χ0n) is 15.2. The highest BCUT2D eigenvalue weighted by Crippen LogP contribution is 2.31. The van der Waals surface area contributed by atoms with Crippen molar-refractivity contribution in [3.05, 3.63) is 58.4 Å². The zero-order valence-corrected chi connectivity index (χ0v) is 16.8. The fraction of sp³-hybridized carbons (Fsp3) is 0.353. The third-order valence-electron chi connectivity index (χ3n) is 3.59. The van der Waals surface area contributed by atoms with E-state index in [0.717, 1.165) is 9.87 Å². The molecule has 0 radical (unpaired) electrons. The summed E-state index contributed by atoms with van der Waals surface area (Å²) in [5, 5.41) is 11.3. The number of rotatable bonds is 10. The van der Waals surface area contributed by atoms with E-state index in [9.17, 15) is 18.5 Å². The van der Waals surface area contributed by atoms with Crippen molar-refractivity contribution < 1.29 is 13.3 Å². The van der Waals surface area contributed by atoms with Crippen LogP contribution < -0.4 is 9.03 Å². The van der Waals surface area contributed by atoms with Gasteiger partial charge in [0, 0.05) is 36.0 Å². The fourth-order valence-electron chi connectivity index (χ4n) is 2.35. The van der Waals surface area contributed by atoms with Gasteiger partial charge in [-0.15, -0.1) is 11.8 Å². The van der Waals surface area contributed by atoms with E-state index in [1.54, 1.807) is 30.6 Å². The van der Waals surface area contributed by atoms with Crippen LogP contribution in [0.1, 0.15) is 25.8 Å². The van der Waals surface area contributed by atoms with Crippen LogP contribution in [0, 0.1) is 10.1 Å². The predicted molar refractivity (Wildman–Crippen MR) is 107 cm³/mol. The second-order valence-electron chi connectivity index (χ2n) is 5.64. The predicted octanol–water partition coefficient (Wildman–Crippen LogP) is 3.35. The average molecular weight is 411 g/mol. The molecule has 0 aliphatic carbocycles. The van der Waals surface area contributed by atoms with Crippen molar-refractivity contribution in [1.82, 2.24) is 9.71 Å². The Balaban J connectivity index is 2.53. The van der Waals surface area contributed by atoms with Crippen LogP contribution in [-0.2, 0) is 16.8 Å². The van der Waals surface area contributed by atoms with Crippen LogP contribution in [-0.4, -0.2) is 30.6 Å². The van der Waals surface area contributed by atoms with E-state index >= 15 is 0 Å². The fourth-order valence-corrected chi connectivity index (χ4v) is 4.41. The van der Waals surface area contributed by atoms with Crippen LogP contribution >= 0.6 is 11.8 Å². The molecule has 1 aromatic heterocycles. The van der Waals surface area contributed by atoms with Crippen LogP contribution in [0.25, 0.3) is 0 Å². The first-order valence-electron chi connectivity index (χ1n) is 8.46. The van der Waals surface area contributed by atoms with Crippen molar-refractivity contribution >= 4 is 33.3 Å². The lowest BCUT2D eigenvalue weighted by molar-refractivity contribution is -0.385. The first kappa shape index (κ1) is 21.1. The number of non-ortho nitro benzene ring substituents is 1. The van der Waals surface area contributed by atoms with Crippen LogP contribution in [0.15, 0.2) is 47.6 Å². The number of pyridine rings is 1. The Labute approximate surface area is 163 Å². The Morgan fingerprint density at radius 3 is 2.52 bits per heavy atom. The summed E-state index contributed by atoms with van der Waals surface area (Å²) < 4.78 is 29.4. The van der Waals surface area contributed by atoms with Gasteiger partial charge >= 0.3 is 10.2 Å². The van der Waals surface area contributed by atoms with Gasteiger partial charge in [-0.3, -0.25) is 19.4 Å². The third kappa shape index (κ3) is 5.91. The lowest BCUT2D eigenvalue weighted by atomic mass is 10.2. The van der Waals surface area contributed by atoms with Gasteiger partial charge in [0.1, 0.15) is 0 Å². The lowest BCUT2D eigenvalue weighted by Crippen LogP contribution is -2.40. The summed E-state index contributed by atoms with van der Waals surface area (Å²) in [7, 11) is -3.88. The molecule has 1 N–H and O–H groups in total. The maximum absolute atomic E-state index is 12.9. The van der Waals surface area contributed by atoms with Gasteiger partial charge < -0.3 is 0 Å². The summed E-state index contributed by atoms with van der Waals surface area (Å²) in [6.45, 7) is 4.11. The van der Waals surface area contributed by atoms with Gasteiger partial charge in [0.2, 0.25) is 0 Å². The molecule has 0 spiro atoms. The number of hydrogen-bond acceptors (Lipinski definition) is 6. The second-order valence-corrected chi connectivity index (χ2v) is 8.65. The highest BCUT2D eigenvalue weighted by atomic mass is 32.2. The van der Waals surface area contributed by atoms with Gasteiger partial charge in [-0.05, 0) is 35.9 Å². The van der Waals surface area contributed by atoms with Crippen molar-refractivity contribution in [2.75, 3.05) is 16.6 Å². The second kappa shape index (κ2) is 9.67. The van der Waals surface area contributed by atoms with E-state index in [-0.39, 0.29) is 24.5 Å². The van der Waals surface area contributed by atoms with Gasteiger partial charge in [0.15, 0.2) is 0 Å². The van der Waals surface area contributed by atoms with E-state index in [2.05, 4.69) is 9.71 Å². The molecule has 0 saturated heterocycles. The molecular weight excluding hydrogens is 388 g/mol. The van der Waals surface area contributed by atoms with E-state index in [1.807, 2.05) is 13.8 Å². The van der Waals surface area contributed by atoms with Crippen molar-refractivity contribution in [2.45, 2.75) is 31.7 Å². The number of thioether (sulfide) groups is 1. The van der Waals surface area contributed by atoms with E-state index in [1.165, 1.54) is 23.9 Å². The molecule has 0 aliphatic rings. The number of benzene rings is 1. The molecule has 0 amide bonds. The Hall–Kier alpha value is -2.17. The Bertz CT molecular complexity index is 876. The molecule has 1 heterocycles. The maximum atomic E-state index is 12.9. The largest absolute Gasteiger partial charge is 0.301 e. The van der Waals surface area contributed by atoms with Crippen LogP contribution in [0.2, 0.25) is 0 Å². The summed E-state index contributed by atoms with van der Waals surface area (Å²) >= 11 is 1.42. The smallest absolute Gasteiger partial charge is 0.265 e. The zero-order chi connectivity index (χ0) is 19.9. The molecule has 8 nitrogen and oxygen atoms in total. The number of nitrogens with one attached hydrogen (secondary N) is 1. The van der Waals surface area contributed by atoms with Gasteiger partial charge in [-0.1, -0.05) is 13.8 Å². The molecular formula is C17H22N4O4S2. The van der Waals surface area contributed by atoms with Crippen molar-refractivity contribution in [3.8, 4) is 0 Å². The summed E-state index contributed by atoms with van der Waals surface area (Å²) in [6.07, 6.45) is 3.78. The maximum Gasteiger partial charge on any atom is 0.301 e. The number of aromatic nitrogens is 1. The molecule has 10 heteroatoms. The van der Waals surface area contributed by atoms with Gasteiger partial charge in [-0.2, -0.15) is 13.1 Å². The minimum absolute atomic E-state index is 0.0406. The summed E-state index contributed by atoms with van der Waals surface area (Å²) in [6, 6.07) is 7.82. The number of nitro groups is 1. The van der Waals surface area contributed by atoms with Gasteiger partial charge in [0.05, 0.1) is 17.2 Å². The van der Waals surface area contributed by atoms with E-state index in [4.69, 9.17) is 0 Å². The number of hydrogen-bond donors (Lipinski definition) is 1. The molecule has 2 aromatic rings. The normalized spacial score (nSPS) is 11.3. The quantitative estimate of drug-likeness (QED) is 0.366. The topological polar surface area (TPSA) is 105 Å². The van der Waals surface area contributed by atoms with E-state index in [0.29, 0.717) is 17.1 Å². The highest BCUT2D eigenvalue weighted by Gasteiger charge is 2.25. The Kier molecular flexibility index (Phi) is 7.57. The molecule has 0 aliphatic heterocycles. The molecule has 27 heavy (non-hydrogen) atoms. The van der Waals surface area contributed by atoms with Crippen molar-refractivity contribution in [3.63, 3.8) is 0 Å². The highest BCUT2D eigenvalue weighted by molar-refractivity contribution is 7.99. The Morgan fingerprint density at radius 1 is 1.22 bits per heavy atom. The summed E-state index contributed by atoms with van der Waals surface area (Å²) in [4.78, 5) is 15.4. The SMILES string of the molecule is CCCNS(=O)(=O)N(Cc1ccncc1)c1cc(SCC)cc([N+](=O)[O-])c1. The van der Waals surface area contributed by atoms with Crippen LogP contribution in [0.4, 0.5) is 11.4 Å². The summed E-state index contributed by atoms with van der Waals surface area (Å²) in [5.41, 5.74) is 0.831. The van der Waals surface area contributed by atoms with Crippen LogP contribution in [0.5, 0.6) is 0 Å². The molecule has 1 aromatic carbocycles. The monoisotopic (exact) mass is 410 g/mol.